The van der Waals surface area contributed by atoms with Crippen molar-refractivity contribution in [2.75, 3.05) is 0 Å². The molecule has 0 fully saturated rings. The Labute approximate surface area is 181 Å². The Morgan fingerprint density at radius 2 is 0.621 bits per heavy atom. The van der Waals surface area contributed by atoms with Crippen molar-refractivity contribution in [3.05, 3.63) is 111 Å². The van der Waals surface area contributed by atoms with Crippen LogP contribution in [0.2, 0.25) is 0 Å². The topological polar surface area (TPSA) is 99.1 Å². The standard InChI is InChI=1S/2C10H8N2.2CN.Fe/c2*1-3-7-11-9(5-1)10-6-2-4-8-12-10;2*1-2;/h2*1-8H;;;/q;;2*-1;+2. The third-order valence-electron chi connectivity index (χ3n) is 3.18. The Kier molecular flexibility index (Phi) is 14.1. The van der Waals surface area contributed by atoms with E-state index in [1.54, 1.807) is 24.8 Å². The molecule has 4 heterocycles. The quantitative estimate of drug-likeness (QED) is 0.350. The van der Waals surface area contributed by atoms with Crippen LogP contribution in [0.3, 0.4) is 0 Å². The molecular weight excluding hydrogens is 404 g/mol. The second-order valence-electron chi connectivity index (χ2n) is 4.86. The first-order valence-corrected chi connectivity index (χ1v) is 8.03. The van der Waals surface area contributed by atoms with Crippen LogP contribution in [-0.2, 0) is 17.1 Å². The van der Waals surface area contributed by atoms with E-state index in [1.807, 2.05) is 72.8 Å². The minimum Gasteiger partial charge on any atom is -0.512 e. The molecule has 0 saturated heterocycles. The molecule has 0 aliphatic carbocycles. The minimum atomic E-state index is 0. The number of rotatable bonds is 2. The average Bonchev–Trinajstić information content (AvgIpc) is 2.84. The molecule has 0 bridgehead atoms. The summed E-state index contributed by atoms with van der Waals surface area (Å²) in [6.45, 7) is 9.50. The van der Waals surface area contributed by atoms with E-state index in [0.717, 1.165) is 22.8 Å². The van der Waals surface area contributed by atoms with Crippen molar-refractivity contribution in [3.8, 4) is 22.8 Å². The first kappa shape index (κ1) is 25.1. The number of pyridine rings is 4. The number of hydrogen-bond acceptors (Lipinski definition) is 6. The zero-order valence-electron chi connectivity index (χ0n) is 15.3. The number of hydrogen-bond donors (Lipinski definition) is 0. The van der Waals surface area contributed by atoms with Gasteiger partial charge in [0.2, 0.25) is 0 Å². The van der Waals surface area contributed by atoms with Crippen LogP contribution >= 0.6 is 0 Å². The van der Waals surface area contributed by atoms with Crippen LogP contribution in [0.5, 0.6) is 0 Å². The molecule has 142 valence electrons. The van der Waals surface area contributed by atoms with Gasteiger partial charge in [-0.1, -0.05) is 24.3 Å². The predicted molar refractivity (Wildman–Crippen MR) is 105 cm³/mol. The van der Waals surface area contributed by atoms with Crippen molar-refractivity contribution in [3.63, 3.8) is 0 Å². The summed E-state index contributed by atoms with van der Waals surface area (Å²) >= 11 is 0. The van der Waals surface area contributed by atoms with Crippen LogP contribution in [0.4, 0.5) is 0 Å². The number of aromatic nitrogens is 4. The Balaban J connectivity index is 0.000000449. The van der Waals surface area contributed by atoms with E-state index in [0.29, 0.717) is 0 Å². The van der Waals surface area contributed by atoms with Gasteiger partial charge in [-0.2, -0.15) is 0 Å². The molecule has 0 spiro atoms. The van der Waals surface area contributed by atoms with E-state index in [4.69, 9.17) is 23.7 Å². The summed E-state index contributed by atoms with van der Waals surface area (Å²) in [6, 6.07) is 23.2. The largest absolute Gasteiger partial charge is 2.00 e. The Morgan fingerprint density at radius 3 is 0.759 bits per heavy atom. The van der Waals surface area contributed by atoms with Crippen molar-refractivity contribution >= 4 is 0 Å². The molecule has 0 amide bonds. The molecule has 6 nitrogen and oxygen atoms in total. The van der Waals surface area contributed by atoms with Crippen molar-refractivity contribution in [1.82, 2.24) is 19.9 Å². The molecule has 0 atom stereocenters. The van der Waals surface area contributed by atoms with Gasteiger partial charge < -0.3 is 23.7 Å². The molecule has 4 aromatic heterocycles. The Hall–Kier alpha value is -3.90. The van der Waals surface area contributed by atoms with Crippen LogP contribution in [0.25, 0.3) is 22.8 Å². The molecule has 0 aliphatic heterocycles. The first-order valence-electron chi connectivity index (χ1n) is 8.03. The normalized spacial score (nSPS) is 8.14. The second kappa shape index (κ2) is 16.3. The van der Waals surface area contributed by atoms with E-state index in [1.165, 1.54) is 0 Å². The van der Waals surface area contributed by atoms with E-state index in [2.05, 4.69) is 19.9 Å². The summed E-state index contributed by atoms with van der Waals surface area (Å²) in [4.78, 5) is 16.7. The molecule has 0 unspecified atom stereocenters. The molecule has 7 heteroatoms. The summed E-state index contributed by atoms with van der Waals surface area (Å²) < 4.78 is 0. The molecule has 4 aromatic rings. The zero-order chi connectivity index (χ0) is 20.5. The fourth-order valence-corrected chi connectivity index (χ4v) is 2.06. The van der Waals surface area contributed by atoms with Crippen molar-refractivity contribution in [2.24, 2.45) is 0 Å². The van der Waals surface area contributed by atoms with Crippen molar-refractivity contribution < 1.29 is 17.1 Å². The maximum Gasteiger partial charge on any atom is 2.00 e. The van der Waals surface area contributed by atoms with Crippen molar-refractivity contribution in [1.29, 1.82) is 10.5 Å². The number of nitrogens with zero attached hydrogens (tertiary/aromatic N) is 6. The van der Waals surface area contributed by atoms with Crippen LogP contribution in [-0.4, -0.2) is 19.9 Å². The fraction of sp³-hybridized carbons (Fsp3) is 0. The zero-order valence-corrected chi connectivity index (χ0v) is 16.4. The smallest absolute Gasteiger partial charge is 0.512 e. The summed E-state index contributed by atoms with van der Waals surface area (Å²) in [5.74, 6) is 0. The molecule has 0 aromatic carbocycles. The van der Waals surface area contributed by atoms with E-state index >= 15 is 0 Å². The molecule has 0 N–H and O–H groups in total. The average molecular weight is 420 g/mol. The molecule has 4 rings (SSSR count). The molecule has 0 saturated carbocycles. The first-order chi connectivity index (χ1) is 13.9. The summed E-state index contributed by atoms with van der Waals surface area (Å²) in [5.41, 5.74) is 3.66. The molecule has 0 radical (unpaired) electrons. The third kappa shape index (κ3) is 9.03. The van der Waals surface area contributed by atoms with Gasteiger partial charge in [-0.15, -0.1) is 0 Å². The van der Waals surface area contributed by atoms with E-state index < -0.39 is 0 Å². The predicted octanol–water partition coefficient (Wildman–Crippen LogP) is 4.48. The van der Waals surface area contributed by atoms with Crippen molar-refractivity contribution in [2.45, 2.75) is 0 Å². The minimum absolute atomic E-state index is 0. The van der Waals surface area contributed by atoms with Gasteiger partial charge in [0, 0.05) is 24.8 Å². The molecule has 0 aliphatic rings. The Morgan fingerprint density at radius 1 is 0.414 bits per heavy atom. The summed E-state index contributed by atoms with van der Waals surface area (Å²) in [7, 11) is 0. The maximum absolute atomic E-state index is 6.25. The van der Waals surface area contributed by atoms with Gasteiger partial charge in [0.05, 0.1) is 22.8 Å². The van der Waals surface area contributed by atoms with Crippen LogP contribution in [0.15, 0.2) is 97.6 Å². The van der Waals surface area contributed by atoms with Gasteiger partial charge in [-0.05, 0) is 48.5 Å². The molecule has 29 heavy (non-hydrogen) atoms. The van der Waals surface area contributed by atoms with Gasteiger partial charge in [0.15, 0.2) is 0 Å². The second-order valence-corrected chi connectivity index (χ2v) is 4.86. The van der Waals surface area contributed by atoms with E-state index in [9.17, 15) is 0 Å². The monoisotopic (exact) mass is 420 g/mol. The SMILES string of the molecule is [C-]#N.[C-]#N.[Fe+2].c1ccc(-c2ccccn2)nc1.c1ccc(-c2ccccn2)nc1. The van der Waals surface area contributed by atoms with Gasteiger partial charge in [-0.25, -0.2) is 0 Å². The van der Waals surface area contributed by atoms with Gasteiger partial charge in [-0.3, -0.25) is 19.9 Å². The van der Waals surface area contributed by atoms with Gasteiger partial charge in [0.1, 0.15) is 0 Å². The van der Waals surface area contributed by atoms with Gasteiger partial charge in [0.25, 0.3) is 0 Å². The Bertz CT molecular complexity index is 774. The summed E-state index contributed by atoms with van der Waals surface area (Å²) in [6.07, 6.45) is 7.07. The third-order valence-corrected chi connectivity index (χ3v) is 3.18. The van der Waals surface area contributed by atoms with Crippen LogP contribution in [0.1, 0.15) is 0 Å². The van der Waals surface area contributed by atoms with E-state index in [-0.39, 0.29) is 17.1 Å². The van der Waals surface area contributed by atoms with Crippen LogP contribution in [0, 0.1) is 23.7 Å². The maximum atomic E-state index is 6.25. The summed E-state index contributed by atoms with van der Waals surface area (Å²) in [5, 5.41) is 12.5. The fourth-order valence-electron chi connectivity index (χ4n) is 2.06. The van der Waals surface area contributed by atoms with Crippen LogP contribution < -0.4 is 0 Å². The molecular formula is C22H16FeN6. The van der Waals surface area contributed by atoms with Gasteiger partial charge >= 0.3 is 17.1 Å².